The fourth-order valence-electron chi connectivity index (χ4n) is 2.39. The maximum Gasteiger partial charge on any atom is 0.0968 e. The lowest BCUT2D eigenvalue weighted by atomic mass is 9.99. The van der Waals surface area contributed by atoms with Gasteiger partial charge in [-0.2, -0.15) is 0 Å². The number of piperidine rings is 1. The molecule has 0 aromatic heterocycles. The molecule has 3 nitrogen and oxygen atoms in total. The molecule has 1 N–H and O–H groups in total. The van der Waals surface area contributed by atoms with Crippen LogP contribution in [0.3, 0.4) is 0 Å². The molecule has 2 rings (SSSR count). The number of hydrazine groups is 1. The van der Waals surface area contributed by atoms with E-state index < -0.39 is 0 Å². The Hall–Kier alpha value is -1.06. The molecule has 2 aliphatic heterocycles. The molecule has 3 heteroatoms. The van der Waals surface area contributed by atoms with Crippen LogP contribution in [-0.2, 0) is 0 Å². The number of likely N-dealkylation sites (tertiary alicyclic amines) is 1. The second-order valence-corrected chi connectivity index (χ2v) is 5.04. The minimum Gasteiger partial charge on any atom is -0.303 e. The Morgan fingerprint density at radius 3 is 2.82 bits per heavy atom. The Morgan fingerprint density at radius 1 is 1.47 bits per heavy atom. The predicted octanol–water partition coefficient (Wildman–Crippen LogP) is 2.12. The molecule has 0 amide bonds. The molecular formula is C14H23N3. The lowest BCUT2D eigenvalue weighted by Crippen LogP contribution is -2.55. The van der Waals surface area contributed by atoms with Crippen molar-refractivity contribution in [2.75, 3.05) is 19.6 Å². The van der Waals surface area contributed by atoms with Gasteiger partial charge in [-0.05, 0) is 30.9 Å². The van der Waals surface area contributed by atoms with Gasteiger partial charge in [-0.25, -0.2) is 5.43 Å². The molecule has 0 bridgehead atoms. The van der Waals surface area contributed by atoms with Gasteiger partial charge in [0.15, 0.2) is 0 Å². The third kappa shape index (κ3) is 2.99. The van der Waals surface area contributed by atoms with E-state index in [2.05, 4.69) is 47.6 Å². The highest BCUT2D eigenvalue weighted by Gasteiger charge is 2.24. The topological polar surface area (TPSA) is 18.5 Å². The highest BCUT2D eigenvalue weighted by molar-refractivity contribution is 5.19. The summed E-state index contributed by atoms with van der Waals surface area (Å²) in [5.74, 6) is 0.873. The highest BCUT2D eigenvalue weighted by atomic mass is 15.6. The maximum absolute atomic E-state index is 4.02. The number of hydrogen-bond donors (Lipinski definition) is 1. The average Bonchev–Trinajstić information content (AvgIpc) is 2.33. The van der Waals surface area contributed by atoms with Gasteiger partial charge >= 0.3 is 0 Å². The largest absolute Gasteiger partial charge is 0.303 e. The third-order valence-corrected chi connectivity index (χ3v) is 3.63. The summed E-state index contributed by atoms with van der Waals surface area (Å²) in [6.45, 7) is 13.3. The quantitative estimate of drug-likeness (QED) is 0.753. The molecule has 0 saturated carbocycles. The normalized spacial score (nSPS) is 27.5. The lowest BCUT2D eigenvalue weighted by Gasteiger charge is -2.41. The molecular weight excluding hydrogens is 210 g/mol. The minimum absolute atomic E-state index is 0.313. The summed E-state index contributed by atoms with van der Waals surface area (Å²) >= 11 is 0. The summed E-state index contributed by atoms with van der Waals surface area (Å²) in [6, 6.07) is 0. The summed E-state index contributed by atoms with van der Waals surface area (Å²) in [6.07, 6.45) is 9.11. The number of hydrogen-bond acceptors (Lipinski definition) is 3. The van der Waals surface area contributed by atoms with Crippen LogP contribution in [0.4, 0.5) is 0 Å². The van der Waals surface area contributed by atoms with E-state index in [4.69, 9.17) is 0 Å². The van der Waals surface area contributed by atoms with Crippen LogP contribution in [0.2, 0.25) is 0 Å². The van der Waals surface area contributed by atoms with Gasteiger partial charge in [0, 0.05) is 18.8 Å². The van der Waals surface area contributed by atoms with Gasteiger partial charge < -0.3 is 5.01 Å². The van der Waals surface area contributed by atoms with Crippen molar-refractivity contribution < 1.29 is 0 Å². The standard InChI is InChI=1S/C14H23N3/c1-4-9-17-13(3)5-6-14(15-17)16-10-7-12(2)8-11-16/h4-6,12,14-15H,1,3,7-11H2,2H3. The third-order valence-electron chi connectivity index (χ3n) is 3.63. The van der Waals surface area contributed by atoms with Crippen LogP contribution >= 0.6 is 0 Å². The molecule has 0 radical (unpaired) electrons. The van der Waals surface area contributed by atoms with Crippen LogP contribution in [0.1, 0.15) is 19.8 Å². The van der Waals surface area contributed by atoms with Gasteiger partial charge in [-0.15, -0.1) is 6.58 Å². The number of nitrogens with one attached hydrogen (secondary N) is 1. The van der Waals surface area contributed by atoms with E-state index in [1.165, 1.54) is 25.9 Å². The molecule has 1 atom stereocenters. The summed E-state index contributed by atoms with van der Waals surface area (Å²) in [4.78, 5) is 2.50. The zero-order chi connectivity index (χ0) is 12.3. The van der Waals surface area contributed by atoms with Crippen molar-refractivity contribution in [1.29, 1.82) is 0 Å². The summed E-state index contributed by atoms with van der Waals surface area (Å²) < 4.78 is 0. The molecule has 1 unspecified atom stereocenters. The first-order valence-electron chi connectivity index (χ1n) is 6.46. The molecule has 1 saturated heterocycles. The first kappa shape index (κ1) is 12.4. The summed E-state index contributed by atoms with van der Waals surface area (Å²) in [7, 11) is 0. The van der Waals surface area contributed by atoms with Crippen LogP contribution in [0.5, 0.6) is 0 Å². The first-order chi connectivity index (χ1) is 8.20. The zero-order valence-electron chi connectivity index (χ0n) is 10.7. The van der Waals surface area contributed by atoms with E-state index in [9.17, 15) is 0 Å². The van der Waals surface area contributed by atoms with Crippen molar-refractivity contribution in [2.24, 2.45) is 5.92 Å². The predicted molar refractivity (Wildman–Crippen MR) is 72.1 cm³/mol. The molecule has 0 spiro atoms. The van der Waals surface area contributed by atoms with E-state index in [1.807, 2.05) is 6.08 Å². The lowest BCUT2D eigenvalue weighted by molar-refractivity contribution is 0.0861. The van der Waals surface area contributed by atoms with Crippen molar-refractivity contribution in [1.82, 2.24) is 15.3 Å². The van der Waals surface area contributed by atoms with Gasteiger partial charge in [0.1, 0.15) is 0 Å². The fraction of sp³-hybridized carbons (Fsp3) is 0.571. The SMILES string of the molecule is C=CCN1NC(N2CCC(C)CC2)C=CC1=C. The molecule has 2 aliphatic rings. The van der Waals surface area contributed by atoms with Gasteiger partial charge in [0.25, 0.3) is 0 Å². The van der Waals surface area contributed by atoms with Crippen LogP contribution in [-0.4, -0.2) is 35.7 Å². The second kappa shape index (κ2) is 5.52. The van der Waals surface area contributed by atoms with Gasteiger partial charge in [-0.1, -0.05) is 19.6 Å². The van der Waals surface area contributed by atoms with Crippen LogP contribution in [0.25, 0.3) is 0 Å². The highest BCUT2D eigenvalue weighted by Crippen LogP contribution is 2.20. The molecule has 2 heterocycles. The van der Waals surface area contributed by atoms with Crippen molar-refractivity contribution in [2.45, 2.75) is 25.9 Å². The molecule has 94 valence electrons. The Morgan fingerprint density at radius 2 is 2.18 bits per heavy atom. The second-order valence-electron chi connectivity index (χ2n) is 5.04. The summed E-state index contributed by atoms with van der Waals surface area (Å²) in [5.41, 5.74) is 4.50. The van der Waals surface area contributed by atoms with Crippen molar-refractivity contribution >= 4 is 0 Å². The van der Waals surface area contributed by atoms with Gasteiger partial charge in [-0.3, -0.25) is 4.90 Å². The molecule has 0 aromatic rings. The van der Waals surface area contributed by atoms with Gasteiger partial charge in [0.2, 0.25) is 0 Å². The van der Waals surface area contributed by atoms with E-state index in [-0.39, 0.29) is 0 Å². The minimum atomic E-state index is 0.313. The summed E-state index contributed by atoms with van der Waals surface area (Å²) in [5, 5.41) is 2.07. The van der Waals surface area contributed by atoms with E-state index in [0.717, 1.165) is 18.2 Å². The maximum atomic E-state index is 4.02. The Labute approximate surface area is 104 Å². The Balaban J connectivity index is 1.95. The number of rotatable bonds is 3. The van der Waals surface area contributed by atoms with E-state index in [1.54, 1.807) is 0 Å². The van der Waals surface area contributed by atoms with E-state index in [0.29, 0.717) is 6.17 Å². The number of nitrogens with zero attached hydrogens (tertiary/aromatic N) is 2. The van der Waals surface area contributed by atoms with Crippen LogP contribution < -0.4 is 5.43 Å². The molecule has 0 aliphatic carbocycles. The van der Waals surface area contributed by atoms with Crippen molar-refractivity contribution in [3.05, 3.63) is 37.1 Å². The van der Waals surface area contributed by atoms with Crippen LogP contribution in [0, 0.1) is 5.92 Å². The number of allylic oxidation sites excluding steroid dienone is 1. The van der Waals surface area contributed by atoms with Gasteiger partial charge in [0.05, 0.1) is 12.7 Å². The smallest absolute Gasteiger partial charge is 0.0968 e. The average molecular weight is 233 g/mol. The zero-order valence-corrected chi connectivity index (χ0v) is 10.7. The fourth-order valence-corrected chi connectivity index (χ4v) is 2.39. The molecule has 0 aromatic carbocycles. The Kier molecular flexibility index (Phi) is 4.02. The molecule has 17 heavy (non-hydrogen) atoms. The molecule has 1 fully saturated rings. The van der Waals surface area contributed by atoms with Crippen molar-refractivity contribution in [3.8, 4) is 0 Å². The monoisotopic (exact) mass is 233 g/mol. The Bertz CT molecular complexity index is 313. The van der Waals surface area contributed by atoms with E-state index >= 15 is 0 Å². The van der Waals surface area contributed by atoms with Crippen molar-refractivity contribution in [3.63, 3.8) is 0 Å². The van der Waals surface area contributed by atoms with Crippen LogP contribution in [0.15, 0.2) is 37.1 Å². The first-order valence-corrected chi connectivity index (χ1v) is 6.46.